The second kappa shape index (κ2) is 12.2. The fraction of sp³-hybridized carbons (Fsp3) is 0. The standard InChI is InChI=1S/C6H5NO2.Au.3ClH/c8-6(9)5-3-1-2-4-7-5;;;;/h1-4H,(H,8,9);;3*1H/p-4. The molecule has 1 aromatic rings. The molecule has 1 rings (SSSR count). The number of carboxylic acids is 1. The molecule has 1 heterocycles. The minimum atomic E-state index is -1.24. The van der Waals surface area contributed by atoms with Crippen LogP contribution in [0.4, 0.5) is 0 Å². The molecule has 13 heavy (non-hydrogen) atoms. The van der Waals surface area contributed by atoms with Gasteiger partial charge in [0.1, 0.15) is 0 Å². The van der Waals surface area contributed by atoms with E-state index in [1.165, 1.54) is 12.3 Å². The van der Waals surface area contributed by atoms with Crippen molar-refractivity contribution < 1.29 is 69.5 Å². The predicted octanol–water partition coefficient (Wildman–Crippen LogP) is -9.55. The molecule has 0 aromatic carbocycles. The molecule has 0 aliphatic heterocycles. The Morgan fingerprint density at radius 3 is 2.00 bits per heavy atom. The van der Waals surface area contributed by atoms with E-state index in [4.69, 9.17) is 0 Å². The predicted molar refractivity (Wildman–Crippen MR) is 28.6 cm³/mol. The topological polar surface area (TPSA) is 53.0 Å². The average Bonchev–Trinajstić information content (AvgIpc) is 1.90. The Bertz CT molecular complexity index is 222. The van der Waals surface area contributed by atoms with Gasteiger partial charge in [0.25, 0.3) is 0 Å². The number of carbonyl (C=O) groups excluding carboxylic acids is 1. The van der Waals surface area contributed by atoms with Crippen LogP contribution in [0.1, 0.15) is 10.5 Å². The summed E-state index contributed by atoms with van der Waals surface area (Å²) >= 11 is 0. The first-order valence-corrected chi connectivity index (χ1v) is 2.43. The molecule has 0 atom stereocenters. The van der Waals surface area contributed by atoms with E-state index < -0.39 is 5.97 Å². The first-order valence-electron chi connectivity index (χ1n) is 2.43. The number of pyridine rings is 1. The Hall–Kier alpha value is 0.230. The smallest absolute Gasteiger partial charge is 0.0899 e. The van der Waals surface area contributed by atoms with E-state index in [9.17, 15) is 9.90 Å². The number of hydrogen-bond acceptors (Lipinski definition) is 3. The van der Waals surface area contributed by atoms with E-state index in [-0.39, 0.29) is 65.3 Å². The Morgan fingerprint density at radius 2 is 1.77 bits per heavy atom. The summed E-state index contributed by atoms with van der Waals surface area (Å²) in [7, 11) is 0. The Balaban J connectivity index is -0.000000101. The van der Waals surface area contributed by atoms with Gasteiger partial charge < -0.3 is 47.1 Å². The SMILES string of the molecule is O=C([O-])c1ccccn1.[Au].[Cl-].[Cl-].[Cl-]. The van der Waals surface area contributed by atoms with Crippen LogP contribution in [0.15, 0.2) is 24.4 Å². The van der Waals surface area contributed by atoms with Gasteiger partial charge in [0.2, 0.25) is 0 Å². The summed E-state index contributed by atoms with van der Waals surface area (Å²) < 4.78 is 0. The average molecular weight is 425 g/mol. The minimum absolute atomic E-state index is 0. The summed E-state index contributed by atoms with van der Waals surface area (Å²) in [5.74, 6) is -1.24. The maximum absolute atomic E-state index is 10.0. The molecular weight excluding hydrogens is 421 g/mol. The number of carboxylic acid groups (broad SMARTS) is 1. The molecule has 0 saturated carbocycles. The number of carbonyl (C=O) groups is 1. The van der Waals surface area contributed by atoms with Crippen LogP contribution in [0.3, 0.4) is 0 Å². The summed E-state index contributed by atoms with van der Waals surface area (Å²) in [4.78, 5) is 13.5. The summed E-state index contributed by atoms with van der Waals surface area (Å²) in [5, 5.41) is 10.0. The van der Waals surface area contributed by atoms with Gasteiger partial charge in [-0.15, -0.1) is 0 Å². The van der Waals surface area contributed by atoms with Crippen LogP contribution in [0.25, 0.3) is 0 Å². The third kappa shape index (κ3) is 8.56. The molecular formula is C6H4AuCl3NO2-4. The van der Waals surface area contributed by atoms with Gasteiger partial charge in [-0.05, 0) is 12.1 Å². The number of aromatic nitrogens is 1. The third-order valence-corrected chi connectivity index (χ3v) is 0.874. The van der Waals surface area contributed by atoms with E-state index in [0.717, 1.165) is 0 Å². The molecule has 0 amide bonds. The van der Waals surface area contributed by atoms with Gasteiger partial charge in [0, 0.05) is 28.6 Å². The van der Waals surface area contributed by atoms with Crippen molar-refractivity contribution in [2.24, 2.45) is 0 Å². The summed E-state index contributed by atoms with van der Waals surface area (Å²) in [6, 6.07) is 4.62. The summed E-state index contributed by atoms with van der Waals surface area (Å²) in [6.45, 7) is 0. The Kier molecular flexibility index (Phi) is 21.9. The monoisotopic (exact) mass is 424 g/mol. The van der Waals surface area contributed by atoms with Gasteiger partial charge in [-0.2, -0.15) is 0 Å². The van der Waals surface area contributed by atoms with Gasteiger partial charge in [-0.3, -0.25) is 4.98 Å². The molecule has 7 heteroatoms. The molecule has 0 N–H and O–H groups in total. The maximum Gasteiger partial charge on any atom is 0.0899 e. The van der Waals surface area contributed by atoms with E-state index >= 15 is 0 Å². The molecule has 0 spiro atoms. The molecule has 0 aliphatic carbocycles. The first kappa shape index (κ1) is 23.2. The van der Waals surface area contributed by atoms with Crippen molar-refractivity contribution in [3.63, 3.8) is 0 Å². The Morgan fingerprint density at radius 1 is 1.23 bits per heavy atom. The van der Waals surface area contributed by atoms with Crippen molar-refractivity contribution in [1.82, 2.24) is 4.98 Å². The van der Waals surface area contributed by atoms with Gasteiger partial charge in [-0.1, -0.05) is 6.07 Å². The summed E-state index contributed by atoms with van der Waals surface area (Å²) in [6.07, 6.45) is 1.41. The van der Waals surface area contributed by atoms with Crippen molar-refractivity contribution in [1.29, 1.82) is 0 Å². The second-order valence-electron chi connectivity index (χ2n) is 1.50. The zero-order valence-corrected chi connectivity index (χ0v) is 10.4. The molecule has 0 unspecified atom stereocenters. The van der Waals surface area contributed by atoms with Crippen LogP contribution in [-0.2, 0) is 22.4 Å². The molecule has 1 aromatic heterocycles. The Labute approximate surface area is 110 Å². The fourth-order valence-electron chi connectivity index (χ4n) is 0.484. The van der Waals surface area contributed by atoms with Crippen molar-refractivity contribution in [2.45, 2.75) is 0 Å². The number of aromatic carboxylic acids is 1. The van der Waals surface area contributed by atoms with E-state index in [1.807, 2.05) is 0 Å². The van der Waals surface area contributed by atoms with E-state index in [2.05, 4.69) is 4.98 Å². The summed E-state index contributed by atoms with van der Waals surface area (Å²) in [5.41, 5.74) is -0.0301. The molecule has 0 fully saturated rings. The van der Waals surface area contributed by atoms with Crippen molar-refractivity contribution in [2.75, 3.05) is 0 Å². The minimum Gasteiger partial charge on any atom is -1.00 e. The molecule has 81 valence electrons. The van der Waals surface area contributed by atoms with Crippen LogP contribution >= 0.6 is 0 Å². The number of rotatable bonds is 1. The van der Waals surface area contributed by atoms with Gasteiger partial charge in [-0.25, -0.2) is 0 Å². The van der Waals surface area contributed by atoms with Gasteiger partial charge >= 0.3 is 0 Å². The first-order chi connectivity index (χ1) is 4.30. The number of nitrogens with zero attached hydrogens (tertiary/aromatic N) is 1. The quantitative estimate of drug-likeness (QED) is 0.420. The van der Waals surface area contributed by atoms with Crippen LogP contribution < -0.4 is 42.3 Å². The molecule has 0 aliphatic rings. The second-order valence-corrected chi connectivity index (χ2v) is 1.50. The van der Waals surface area contributed by atoms with Crippen LogP contribution in [0.2, 0.25) is 0 Å². The van der Waals surface area contributed by atoms with E-state index in [0.29, 0.717) is 0 Å². The van der Waals surface area contributed by atoms with Gasteiger partial charge in [0.15, 0.2) is 0 Å². The fourth-order valence-corrected chi connectivity index (χ4v) is 0.484. The van der Waals surface area contributed by atoms with Crippen LogP contribution in [0, 0.1) is 0 Å². The van der Waals surface area contributed by atoms with E-state index in [1.54, 1.807) is 12.1 Å². The number of hydrogen-bond donors (Lipinski definition) is 0. The van der Waals surface area contributed by atoms with Crippen LogP contribution in [0.5, 0.6) is 0 Å². The zero-order chi connectivity index (χ0) is 6.69. The third-order valence-electron chi connectivity index (χ3n) is 0.874. The zero-order valence-electron chi connectivity index (χ0n) is 6.01. The molecule has 0 bridgehead atoms. The maximum atomic E-state index is 10.0. The van der Waals surface area contributed by atoms with Crippen molar-refractivity contribution in [3.05, 3.63) is 30.1 Å². The normalized spacial score (nSPS) is 6.15. The van der Waals surface area contributed by atoms with Crippen LogP contribution in [-0.4, -0.2) is 11.0 Å². The van der Waals surface area contributed by atoms with Gasteiger partial charge in [0.05, 0.1) is 11.7 Å². The largest absolute Gasteiger partial charge is 1.00 e. The number of halogens is 3. The molecule has 0 saturated heterocycles. The molecule has 1 radical (unpaired) electrons. The molecule has 3 nitrogen and oxygen atoms in total. The van der Waals surface area contributed by atoms with Crippen molar-refractivity contribution >= 4 is 5.97 Å². The van der Waals surface area contributed by atoms with Crippen molar-refractivity contribution in [3.8, 4) is 0 Å².